The van der Waals surface area contributed by atoms with Crippen LogP contribution in [-0.4, -0.2) is 23.1 Å². The molecule has 0 aromatic carbocycles. The van der Waals surface area contributed by atoms with Gasteiger partial charge in [0.05, 0.1) is 12.4 Å². The average molecular weight is 240 g/mol. The summed E-state index contributed by atoms with van der Waals surface area (Å²) in [4.78, 5) is 10.8. The Balaban J connectivity index is 1.81. The normalized spacial score (nSPS) is 30.4. The Morgan fingerprint density at radius 1 is 1.23 bits per heavy atom. The zero-order valence-electron chi connectivity index (χ0n) is 7.15. The molecule has 4 heteroatoms. The first-order valence-corrected chi connectivity index (χ1v) is 5.35. The molecule has 3 nitrogen and oxygen atoms in total. The lowest BCUT2D eigenvalue weighted by molar-refractivity contribution is 0.800. The fourth-order valence-electron chi connectivity index (χ4n) is 2.05. The minimum atomic E-state index is 0.806. The summed E-state index contributed by atoms with van der Waals surface area (Å²) in [5.74, 6) is 2.92. The summed E-state index contributed by atoms with van der Waals surface area (Å²) in [6, 6.07) is 0. The summed E-state index contributed by atoms with van der Waals surface area (Å²) in [5.41, 5.74) is 0. The predicted octanol–water partition coefficient (Wildman–Crippen LogP) is 1.70. The number of piperidine rings is 1. The molecule has 0 N–H and O–H groups in total. The molecule has 2 unspecified atom stereocenters. The van der Waals surface area contributed by atoms with Gasteiger partial charge in [-0.2, -0.15) is 0 Å². The van der Waals surface area contributed by atoms with Gasteiger partial charge in [0, 0.05) is 13.1 Å². The van der Waals surface area contributed by atoms with E-state index in [0.717, 1.165) is 22.3 Å². The minimum Gasteiger partial charge on any atom is -0.355 e. The maximum atomic E-state index is 4.33. The summed E-state index contributed by atoms with van der Waals surface area (Å²) < 4.78 is 0.806. The van der Waals surface area contributed by atoms with Crippen LogP contribution in [0.25, 0.3) is 0 Å². The lowest BCUT2D eigenvalue weighted by atomic mass is 10.4. The highest BCUT2D eigenvalue weighted by molar-refractivity contribution is 9.10. The Labute approximate surface area is 85.3 Å². The van der Waals surface area contributed by atoms with Crippen molar-refractivity contribution in [1.29, 1.82) is 0 Å². The van der Waals surface area contributed by atoms with Crippen molar-refractivity contribution in [3.8, 4) is 0 Å². The summed E-state index contributed by atoms with van der Waals surface area (Å²) in [5, 5.41) is 0. The van der Waals surface area contributed by atoms with Crippen molar-refractivity contribution >= 4 is 21.7 Å². The highest BCUT2D eigenvalue weighted by Gasteiger charge is 2.45. The second-order valence-electron chi connectivity index (χ2n) is 3.86. The number of nitrogens with zero attached hydrogens (tertiary/aromatic N) is 3. The summed E-state index contributed by atoms with van der Waals surface area (Å²) in [6.07, 6.45) is 5.04. The zero-order chi connectivity index (χ0) is 8.84. The van der Waals surface area contributed by atoms with E-state index in [-0.39, 0.29) is 0 Å². The highest BCUT2D eigenvalue weighted by Crippen LogP contribution is 2.45. The second kappa shape index (κ2) is 2.67. The van der Waals surface area contributed by atoms with Crippen LogP contribution in [0.1, 0.15) is 6.42 Å². The van der Waals surface area contributed by atoms with Gasteiger partial charge in [-0.3, -0.25) is 0 Å². The monoisotopic (exact) mass is 239 g/mol. The van der Waals surface area contributed by atoms with E-state index >= 15 is 0 Å². The number of anilines is 1. The van der Waals surface area contributed by atoms with Crippen LogP contribution >= 0.6 is 15.9 Å². The molecule has 1 aromatic heterocycles. The maximum Gasteiger partial charge on any atom is 0.147 e. The van der Waals surface area contributed by atoms with E-state index < -0.39 is 0 Å². The minimum absolute atomic E-state index is 0.806. The van der Waals surface area contributed by atoms with Crippen molar-refractivity contribution in [2.75, 3.05) is 18.0 Å². The fourth-order valence-corrected chi connectivity index (χ4v) is 2.26. The summed E-state index contributed by atoms with van der Waals surface area (Å²) >= 11 is 3.28. The van der Waals surface area contributed by atoms with Crippen molar-refractivity contribution < 1.29 is 0 Å². The molecule has 1 aliphatic heterocycles. The van der Waals surface area contributed by atoms with Crippen molar-refractivity contribution in [2.45, 2.75) is 6.42 Å². The third-order valence-corrected chi connectivity index (χ3v) is 3.32. The first-order chi connectivity index (χ1) is 6.33. The standard InChI is InChI=1S/C9H10BrN3/c10-8-2-12-9(3-11-8)13-4-6-1-7(6)5-13/h2-3,6-7H,1,4-5H2. The van der Waals surface area contributed by atoms with Crippen molar-refractivity contribution in [3.63, 3.8) is 0 Å². The molecular formula is C9H10BrN3. The van der Waals surface area contributed by atoms with Gasteiger partial charge in [0.2, 0.25) is 0 Å². The molecule has 3 rings (SSSR count). The fraction of sp³-hybridized carbons (Fsp3) is 0.556. The van der Waals surface area contributed by atoms with Crippen LogP contribution in [0.4, 0.5) is 5.82 Å². The number of fused-ring (bicyclic) bond motifs is 1. The zero-order valence-corrected chi connectivity index (χ0v) is 8.74. The van der Waals surface area contributed by atoms with Crippen LogP contribution in [0.5, 0.6) is 0 Å². The SMILES string of the molecule is Brc1cnc(N2CC3CC3C2)cn1. The predicted molar refractivity (Wildman–Crippen MR) is 53.5 cm³/mol. The number of halogens is 1. The van der Waals surface area contributed by atoms with Crippen LogP contribution in [0, 0.1) is 11.8 Å². The Morgan fingerprint density at radius 2 is 2.00 bits per heavy atom. The molecule has 0 radical (unpaired) electrons. The molecule has 1 saturated carbocycles. The molecule has 2 fully saturated rings. The molecule has 2 heterocycles. The van der Waals surface area contributed by atoms with Gasteiger partial charge in [0.25, 0.3) is 0 Å². The summed E-state index contributed by atoms with van der Waals surface area (Å²) in [6.45, 7) is 2.36. The van der Waals surface area contributed by atoms with Crippen molar-refractivity contribution in [1.82, 2.24) is 9.97 Å². The van der Waals surface area contributed by atoms with E-state index in [1.165, 1.54) is 19.5 Å². The third-order valence-electron chi connectivity index (χ3n) is 2.91. The lowest BCUT2D eigenvalue weighted by Crippen LogP contribution is -2.22. The Kier molecular flexibility index (Phi) is 1.59. The number of aromatic nitrogens is 2. The quantitative estimate of drug-likeness (QED) is 0.748. The molecule has 0 spiro atoms. The Bertz CT molecular complexity index is 314. The molecule has 1 aromatic rings. The average Bonchev–Trinajstić information content (AvgIpc) is 2.75. The van der Waals surface area contributed by atoms with E-state index in [2.05, 4.69) is 30.8 Å². The molecule has 68 valence electrons. The van der Waals surface area contributed by atoms with Crippen LogP contribution < -0.4 is 4.90 Å². The molecule has 1 saturated heterocycles. The molecule has 2 atom stereocenters. The van der Waals surface area contributed by atoms with Crippen LogP contribution in [0.2, 0.25) is 0 Å². The molecule has 13 heavy (non-hydrogen) atoms. The van der Waals surface area contributed by atoms with Crippen molar-refractivity contribution in [2.24, 2.45) is 11.8 Å². The first kappa shape index (κ1) is 7.74. The Hall–Kier alpha value is -0.640. The van der Waals surface area contributed by atoms with E-state index in [0.29, 0.717) is 0 Å². The largest absolute Gasteiger partial charge is 0.355 e. The van der Waals surface area contributed by atoms with E-state index in [1.54, 1.807) is 6.20 Å². The van der Waals surface area contributed by atoms with Gasteiger partial charge in [-0.05, 0) is 34.2 Å². The van der Waals surface area contributed by atoms with E-state index in [4.69, 9.17) is 0 Å². The van der Waals surface area contributed by atoms with Gasteiger partial charge in [-0.15, -0.1) is 0 Å². The lowest BCUT2D eigenvalue weighted by Gasteiger charge is -2.17. The summed E-state index contributed by atoms with van der Waals surface area (Å²) in [7, 11) is 0. The van der Waals surface area contributed by atoms with E-state index in [1.807, 2.05) is 6.20 Å². The van der Waals surface area contributed by atoms with Crippen LogP contribution in [0.3, 0.4) is 0 Å². The van der Waals surface area contributed by atoms with Crippen molar-refractivity contribution in [3.05, 3.63) is 17.0 Å². The molecular weight excluding hydrogens is 230 g/mol. The molecule has 2 aliphatic rings. The van der Waals surface area contributed by atoms with Gasteiger partial charge in [-0.25, -0.2) is 9.97 Å². The smallest absolute Gasteiger partial charge is 0.147 e. The van der Waals surface area contributed by atoms with Gasteiger partial charge < -0.3 is 4.90 Å². The number of hydrogen-bond donors (Lipinski definition) is 0. The van der Waals surface area contributed by atoms with Gasteiger partial charge in [0.1, 0.15) is 10.4 Å². The number of hydrogen-bond acceptors (Lipinski definition) is 3. The van der Waals surface area contributed by atoms with Gasteiger partial charge in [-0.1, -0.05) is 0 Å². The molecule has 0 amide bonds. The second-order valence-corrected chi connectivity index (χ2v) is 4.67. The van der Waals surface area contributed by atoms with Gasteiger partial charge in [0.15, 0.2) is 0 Å². The van der Waals surface area contributed by atoms with Gasteiger partial charge >= 0.3 is 0 Å². The maximum absolute atomic E-state index is 4.33. The van der Waals surface area contributed by atoms with Crippen LogP contribution in [-0.2, 0) is 0 Å². The van der Waals surface area contributed by atoms with Crippen LogP contribution in [0.15, 0.2) is 17.0 Å². The topological polar surface area (TPSA) is 29.0 Å². The number of rotatable bonds is 1. The first-order valence-electron chi connectivity index (χ1n) is 4.55. The van der Waals surface area contributed by atoms with E-state index in [9.17, 15) is 0 Å². The molecule has 1 aliphatic carbocycles. The highest BCUT2D eigenvalue weighted by atomic mass is 79.9. The Morgan fingerprint density at radius 3 is 2.62 bits per heavy atom. The molecule has 0 bridgehead atoms. The third kappa shape index (κ3) is 1.33.